The molecule has 1 aromatic heterocycles. The predicted molar refractivity (Wildman–Crippen MR) is 72.8 cm³/mol. The van der Waals surface area contributed by atoms with E-state index in [1.54, 1.807) is 6.26 Å². The summed E-state index contributed by atoms with van der Waals surface area (Å²) < 4.78 is 5.31. The summed E-state index contributed by atoms with van der Waals surface area (Å²) in [6.07, 6.45) is 4.21. The van der Waals surface area contributed by atoms with Crippen molar-refractivity contribution >= 4 is 11.6 Å². The van der Waals surface area contributed by atoms with Gasteiger partial charge in [-0.3, -0.25) is 0 Å². The smallest absolute Gasteiger partial charge is 0.117 e. The van der Waals surface area contributed by atoms with Crippen molar-refractivity contribution in [3.05, 3.63) is 59.0 Å². The lowest BCUT2D eigenvalue weighted by molar-refractivity contribution is 0.469. The Hall–Kier alpha value is -1.25. The maximum absolute atomic E-state index is 5.93. The molecule has 3 rings (SSSR count). The first-order chi connectivity index (χ1) is 8.78. The average molecular weight is 262 g/mol. The van der Waals surface area contributed by atoms with E-state index in [1.165, 1.54) is 18.4 Å². The zero-order valence-electron chi connectivity index (χ0n) is 10.2. The van der Waals surface area contributed by atoms with Crippen LogP contribution in [-0.2, 0) is 12.0 Å². The van der Waals surface area contributed by atoms with Crippen LogP contribution in [0.2, 0.25) is 5.02 Å². The van der Waals surface area contributed by atoms with E-state index >= 15 is 0 Å². The first kappa shape index (κ1) is 11.8. The minimum Gasteiger partial charge on any atom is -0.468 e. The van der Waals surface area contributed by atoms with E-state index in [2.05, 4.69) is 17.4 Å². The second-order valence-electron chi connectivity index (χ2n) is 4.97. The monoisotopic (exact) mass is 261 g/mol. The molecule has 3 heteroatoms. The highest BCUT2D eigenvalue weighted by Gasteiger charge is 2.43. The van der Waals surface area contributed by atoms with Gasteiger partial charge >= 0.3 is 0 Å². The second-order valence-corrected chi connectivity index (χ2v) is 5.41. The Kier molecular flexibility index (Phi) is 3.14. The van der Waals surface area contributed by atoms with Crippen molar-refractivity contribution in [3.63, 3.8) is 0 Å². The first-order valence-electron chi connectivity index (χ1n) is 6.28. The standard InChI is InChI=1S/C15H16ClNO/c16-13-5-3-12(4-6-13)15(7-8-15)11-17-10-14-2-1-9-18-14/h1-6,9,17H,7-8,10-11H2. The third-order valence-electron chi connectivity index (χ3n) is 3.65. The first-order valence-corrected chi connectivity index (χ1v) is 6.65. The molecule has 1 saturated carbocycles. The molecule has 1 aromatic carbocycles. The Labute approximate surface area is 112 Å². The highest BCUT2D eigenvalue weighted by molar-refractivity contribution is 6.30. The summed E-state index contributed by atoms with van der Waals surface area (Å²) in [4.78, 5) is 0. The fraction of sp³-hybridized carbons (Fsp3) is 0.333. The lowest BCUT2D eigenvalue weighted by atomic mass is 9.96. The van der Waals surface area contributed by atoms with E-state index in [-0.39, 0.29) is 0 Å². The van der Waals surface area contributed by atoms with Crippen LogP contribution in [0.4, 0.5) is 0 Å². The summed E-state index contributed by atoms with van der Waals surface area (Å²) in [6, 6.07) is 12.2. The SMILES string of the molecule is Clc1ccc(C2(CNCc3ccco3)CC2)cc1. The normalized spacial score (nSPS) is 16.7. The van der Waals surface area contributed by atoms with Crippen LogP contribution in [0.1, 0.15) is 24.2 Å². The molecule has 94 valence electrons. The van der Waals surface area contributed by atoms with Crippen molar-refractivity contribution < 1.29 is 4.42 Å². The molecule has 0 amide bonds. The molecule has 0 radical (unpaired) electrons. The molecule has 2 aromatic rings. The van der Waals surface area contributed by atoms with Gasteiger partial charge in [0.25, 0.3) is 0 Å². The van der Waals surface area contributed by atoms with Crippen LogP contribution in [-0.4, -0.2) is 6.54 Å². The van der Waals surface area contributed by atoms with E-state index in [1.807, 2.05) is 24.3 Å². The van der Waals surface area contributed by atoms with Crippen molar-refractivity contribution in [2.45, 2.75) is 24.8 Å². The Bertz CT molecular complexity index is 500. The van der Waals surface area contributed by atoms with Crippen molar-refractivity contribution in [1.29, 1.82) is 0 Å². The molecule has 0 spiro atoms. The van der Waals surface area contributed by atoms with E-state index in [4.69, 9.17) is 16.0 Å². The number of halogens is 1. The summed E-state index contributed by atoms with van der Waals surface area (Å²) in [7, 11) is 0. The van der Waals surface area contributed by atoms with Gasteiger partial charge in [0.1, 0.15) is 5.76 Å². The predicted octanol–water partition coefficient (Wildman–Crippen LogP) is 3.75. The fourth-order valence-corrected chi connectivity index (χ4v) is 2.49. The molecule has 0 bridgehead atoms. The molecular formula is C15H16ClNO. The molecule has 1 aliphatic carbocycles. The number of furan rings is 1. The average Bonchev–Trinajstić information content (AvgIpc) is 2.98. The Morgan fingerprint density at radius 3 is 2.56 bits per heavy atom. The number of benzene rings is 1. The maximum atomic E-state index is 5.93. The largest absolute Gasteiger partial charge is 0.468 e. The van der Waals surface area contributed by atoms with Gasteiger partial charge < -0.3 is 9.73 Å². The molecular weight excluding hydrogens is 246 g/mol. The molecule has 1 aliphatic rings. The van der Waals surface area contributed by atoms with Crippen molar-refractivity contribution in [2.75, 3.05) is 6.54 Å². The molecule has 1 heterocycles. The van der Waals surface area contributed by atoms with Gasteiger partial charge in [-0.15, -0.1) is 0 Å². The van der Waals surface area contributed by atoms with Crippen molar-refractivity contribution in [3.8, 4) is 0 Å². The summed E-state index contributed by atoms with van der Waals surface area (Å²) in [5, 5.41) is 4.28. The zero-order valence-corrected chi connectivity index (χ0v) is 10.9. The van der Waals surface area contributed by atoms with Gasteiger partial charge in [-0.2, -0.15) is 0 Å². The zero-order chi connectivity index (χ0) is 12.4. The van der Waals surface area contributed by atoms with Crippen LogP contribution in [0.5, 0.6) is 0 Å². The summed E-state index contributed by atoms with van der Waals surface area (Å²) in [5.41, 5.74) is 1.70. The highest BCUT2D eigenvalue weighted by Crippen LogP contribution is 2.47. The van der Waals surface area contributed by atoms with E-state index in [9.17, 15) is 0 Å². The molecule has 2 nitrogen and oxygen atoms in total. The van der Waals surface area contributed by atoms with E-state index in [0.29, 0.717) is 5.41 Å². The third kappa shape index (κ3) is 2.45. The van der Waals surface area contributed by atoms with E-state index < -0.39 is 0 Å². The van der Waals surface area contributed by atoms with Crippen LogP contribution >= 0.6 is 11.6 Å². The summed E-state index contributed by atoms with van der Waals surface area (Å²) in [5.74, 6) is 0.988. The van der Waals surface area contributed by atoms with Gasteiger partial charge in [0.2, 0.25) is 0 Å². The second kappa shape index (κ2) is 4.79. The van der Waals surface area contributed by atoms with Gasteiger partial charge in [-0.05, 0) is 42.7 Å². The van der Waals surface area contributed by atoms with Crippen LogP contribution < -0.4 is 5.32 Å². The molecule has 0 atom stereocenters. The molecule has 1 fully saturated rings. The van der Waals surface area contributed by atoms with Gasteiger partial charge in [0, 0.05) is 17.0 Å². The van der Waals surface area contributed by atoms with Gasteiger partial charge in [-0.1, -0.05) is 23.7 Å². The third-order valence-corrected chi connectivity index (χ3v) is 3.90. The van der Waals surface area contributed by atoms with Crippen molar-refractivity contribution in [2.24, 2.45) is 0 Å². The fourth-order valence-electron chi connectivity index (χ4n) is 2.36. The van der Waals surface area contributed by atoms with Crippen LogP contribution in [0.25, 0.3) is 0 Å². The van der Waals surface area contributed by atoms with Crippen LogP contribution in [0.3, 0.4) is 0 Å². The minimum atomic E-state index is 0.317. The summed E-state index contributed by atoms with van der Waals surface area (Å²) >= 11 is 5.93. The van der Waals surface area contributed by atoms with Gasteiger partial charge in [-0.25, -0.2) is 0 Å². The van der Waals surface area contributed by atoms with Gasteiger partial charge in [0.15, 0.2) is 0 Å². The lowest BCUT2D eigenvalue weighted by Crippen LogP contribution is -2.26. The van der Waals surface area contributed by atoms with E-state index in [0.717, 1.165) is 23.9 Å². The van der Waals surface area contributed by atoms with Crippen LogP contribution in [0.15, 0.2) is 47.1 Å². The Morgan fingerprint density at radius 1 is 1.17 bits per heavy atom. The molecule has 0 saturated heterocycles. The molecule has 0 unspecified atom stereocenters. The molecule has 0 aliphatic heterocycles. The summed E-state index contributed by atoms with van der Waals surface area (Å²) in [6.45, 7) is 1.79. The number of rotatable bonds is 5. The van der Waals surface area contributed by atoms with Crippen LogP contribution in [0, 0.1) is 0 Å². The highest BCUT2D eigenvalue weighted by atomic mass is 35.5. The number of nitrogens with one attached hydrogen (secondary N) is 1. The topological polar surface area (TPSA) is 25.2 Å². The Morgan fingerprint density at radius 2 is 1.94 bits per heavy atom. The number of hydrogen-bond acceptors (Lipinski definition) is 2. The maximum Gasteiger partial charge on any atom is 0.117 e. The van der Waals surface area contributed by atoms with Crippen molar-refractivity contribution in [1.82, 2.24) is 5.32 Å². The minimum absolute atomic E-state index is 0.317. The number of hydrogen-bond donors (Lipinski definition) is 1. The Balaban J connectivity index is 1.60. The molecule has 18 heavy (non-hydrogen) atoms. The molecule has 1 N–H and O–H groups in total. The van der Waals surface area contributed by atoms with Gasteiger partial charge in [0.05, 0.1) is 12.8 Å². The lowest BCUT2D eigenvalue weighted by Gasteiger charge is -2.16. The quantitative estimate of drug-likeness (QED) is 0.887.